The van der Waals surface area contributed by atoms with Crippen LogP contribution in [0, 0.1) is 0 Å². The Morgan fingerprint density at radius 2 is 1.42 bits per heavy atom. The van der Waals surface area contributed by atoms with E-state index in [0.29, 0.717) is 20.8 Å². The molecular formula is C14H20O10. The van der Waals surface area contributed by atoms with E-state index in [9.17, 15) is 44.4 Å². The number of carbonyl (C=O) groups is 5. The van der Waals surface area contributed by atoms with Gasteiger partial charge in [0, 0.05) is 6.92 Å². The van der Waals surface area contributed by atoms with Crippen LogP contribution in [0.2, 0.25) is 0 Å². The number of hydrogen-bond donors (Lipinski definition) is 4. The van der Waals surface area contributed by atoms with Crippen molar-refractivity contribution in [1.29, 1.82) is 0 Å². The maximum absolute atomic E-state index is 11.9. The fourth-order valence-electron chi connectivity index (χ4n) is 2.30. The summed E-state index contributed by atoms with van der Waals surface area (Å²) in [5, 5.41) is 41.3. The van der Waals surface area contributed by atoms with Gasteiger partial charge in [0.1, 0.15) is 12.7 Å². The topological polar surface area (TPSA) is 176 Å². The molecule has 0 aromatic carbocycles. The Morgan fingerprint density at radius 3 is 1.67 bits per heavy atom. The van der Waals surface area contributed by atoms with Crippen LogP contribution in [-0.2, 0) is 28.7 Å². The number of rotatable bonds is 9. The molecule has 0 heterocycles. The molecule has 0 aromatic rings. The first-order valence-electron chi connectivity index (χ1n) is 6.71. The molecule has 4 atom stereocenters. The summed E-state index contributed by atoms with van der Waals surface area (Å²) in [4.78, 5) is 57.4. The normalized spacial score (nSPS) is 19.8. The van der Waals surface area contributed by atoms with Crippen molar-refractivity contribution in [3.8, 4) is 0 Å². The second-order valence-electron chi connectivity index (χ2n) is 5.35. The van der Waals surface area contributed by atoms with Crippen molar-refractivity contribution in [3.63, 3.8) is 0 Å². The van der Waals surface area contributed by atoms with Gasteiger partial charge in [-0.2, -0.15) is 0 Å². The Labute approximate surface area is 137 Å². The van der Waals surface area contributed by atoms with Gasteiger partial charge >= 0.3 is 5.97 Å². The second kappa shape index (κ2) is 7.26. The molecule has 0 amide bonds. The van der Waals surface area contributed by atoms with Gasteiger partial charge in [0.2, 0.25) is 11.2 Å². The predicted molar refractivity (Wildman–Crippen MR) is 75.6 cm³/mol. The van der Waals surface area contributed by atoms with E-state index in [2.05, 4.69) is 4.74 Å². The third-order valence-corrected chi connectivity index (χ3v) is 3.78. The van der Waals surface area contributed by atoms with Gasteiger partial charge in [-0.1, -0.05) is 0 Å². The molecule has 10 heteroatoms. The highest BCUT2D eigenvalue weighted by Crippen LogP contribution is 2.37. The molecule has 0 aliphatic rings. The Kier molecular flexibility index (Phi) is 6.65. The largest absolute Gasteiger partial charge is 0.463 e. The molecule has 0 saturated heterocycles. The lowest BCUT2D eigenvalue weighted by molar-refractivity contribution is -0.244. The summed E-state index contributed by atoms with van der Waals surface area (Å²) < 4.78 is 4.40. The molecule has 0 spiro atoms. The molecule has 24 heavy (non-hydrogen) atoms. The van der Waals surface area contributed by atoms with Gasteiger partial charge in [-0.15, -0.1) is 0 Å². The molecule has 0 radical (unpaired) electrons. The smallest absolute Gasteiger partial charge is 0.302 e. The van der Waals surface area contributed by atoms with Crippen LogP contribution < -0.4 is 0 Å². The Bertz CT molecular complexity index is 570. The van der Waals surface area contributed by atoms with Crippen molar-refractivity contribution in [2.75, 3.05) is 6.61 Å². The summed E-state index contributed by atoms with van der Waals surface area (Å²) >= 11 is 0. The van der Waals surface area contributed by atoms with Crippen molar-refractivity contribution < 1.29 is 49.1 Å². The molecular weight excluding hydrogens is 328 g/mol. The van der Waals surface area contributed by atoms with Crippen LogP contribution in [0.1, 0.15) is 27.7 Å². The lowest BCUT2D eigenvalue weighted by Crippen LogP contribution is -2.80. The molecule has 0 aliphatic heterocycles. The Hall–Kier alpha value is -2.01. The van der Waals surface area contributed by atoms with E-state index in [1.54, 1.807) is 0 Å². The summed E-state index contributed by atoms with van der Waals surface area (Å²) in [5.74, 6) is -5.40. The van der Waals surface area contributed by atoms with Crippen LogP contribution >= 0.6 is 0 Å². The molecule has 0 aliphatic carbocycles. The van der Waals surface area contributed by atoms with Crippen LogP contribution in [0.15, 0.2) is 0 Å². The molecule has 4 N–H and O–H groups in total. The van der Waals surface area contributed by atoms with E-state index in [-0.39, 0.29) is 0 Å². The number of esters is 1. The maximum atomic E-state index is 11.9. The molecule has 0 rings (SSSR count). The van der Waals surface area contributed by atoms with Gasteiger partial charge in [0.05, 0.1) is 0 Å². The van der Waals surface area contributed by atoms with Gasteiger partial charge < -0.3 is 25.2 Å². The maximum Gasteiger partial charge on any atom is 0.302 e. The van der Waals surface area contributed by atoms with Crippen molar-refractivity contribution in [3.05, 3.63) is 0 Å². The predicted octanol–water partition coefficient (Wildman–Crippen LogP) is -2.93. The van der Waals surface area contributed by atoms with Crippen LogP contribution in [0.25, 0.3) is 0 Å². The quantitative estimate of drug-likeness (QED) is 0.192. The first kappa shape index (κ1) is 22.0. The van der Waals surface area contributed by atoms with Crippen molar-refractivity contribution in [1.82, 2.24) is 0 Å². The number of ketones is 3. The van der Waals surface area contributed by atoms with Crippen LogP contribution in [0.3, 0.4) is 0 Å². The monoisotopic (exact) mass is 348 g/mol. The highest BCUT2D eigenvalue weighted by Gasteiger charge is 2.72. The van der Waals surface area contributed by atoms with Crippen molar-refractivity contribution >= 4 is 29.6 Å². The number of hydrogen-bond acceptors (Lipinski definition) is 10. The zero-order chi connectivity index (χ0) is 19.5. The summed E-state index contributed by atoms with van der Waals surface area (Å²) in [6, 6.07) is 0. The molecule has 0 saturated carbocycles. The summed E-state index contributed by atoms with van der Waals surface area (Å²) in [5.41, 5.74) is -10.8. The summed E-state index contributed by atoms with van der Waals surface area (Å²) in [6.45, 7) is 1.73. The highest BCUT2D eigenvalue weighted by molar-refractivity contribution is 6.12. The van der Waals surface area contributed by atoms with Crippen molar-refractivity contribution in [2.24, 2.45) is 0 Å². The van der Waals surface area contributed by atoms with Gasteiger partial charge in [0.15, 0.2) is 29.2 Å². The van der Waals surface area contributed by atoms with Crippen LogP contribution in [-0.4, -0.2) is 79.5 Å². The van der Waals surface area contributed by atoms with Gasteiger partial charge in [-0.05, 0) is 20.8 Å². The van der Waals surface area contributed by atoms with E-state index >= 15 is 0 Å². The standard InChI is InChI=1S/C14H20O10/c1-7(16)12(21,6-15)14(23,9(3)18)13(22,8(2)17)11(20)5-24-10(4)19/h6,11,20-23H,5H2,1-4H3. The second-order valence-corrected chi connectivity index (χ2v) is 5.35. The van der Waals surface area contributed by atoms with E-state index in [1.807, 2.05) is 0 Å². The first-order valence-corrected chi connectivity index (χ1v) is 6.71. The lowest BCUT2D eigenvalue weighted by atomic mass is 9.63. The number of aliphatic hydroxyl groups is 4. The van der Waals surface area contributed by atoms with E-state index in [4.69, 9.17) is 0 Å². The molecule has 4 unspecified atom stereocenters. The number of aliphatic hydroxyl groups excluding tert-OH is 1. The molecule has 10 nitrogen and oxygen atoms in total. The average molecular weight is 348 g/mol. The molecule has 0 fully saturated rings. The van der Waals surface area contributed by atoms with Gasteiger partial charge in [-0.3, -0.25) is 24.0 Å². The average Bonchev–Trinajstić information content (AvgIpc) is 2.48. The minimum absolute atomic E-state index is 0.525. The molecule has 0 aromatic heterocycles. The summed E-state index contributed by atoms with van der Waals surface area (Å²) in [7, 11) is 0. The first-order chi connectivity index (χ1) is 10.7. The van der Waals surface area contributed by atoms with Gasteiger partial charge in [-0.25, -0.2) is 0 Å². The fraction of sp³-hybridized carbons (Fsp3) is 0.643. The molecule has 136 valence electrons. The Morgan fingerprint density at radius 1 is 0.958 bits per heavy atom. The minimum atomic E-state index is -3.72. The van der Waals surface area contributed by atoms with E-state index in [0.717, 1.165) is 6.92 Å². The zero-order valence-electron chi connectivity index (χ0n) is 13.6. The SMILES string of the molecule is CC(=O)OCC(O)C(O)(C(C)=O)C(O)(C(C)=O)C(O)(C=O)C(C)=O. The highest BCUT2D eigenvalue weighted by atomic mass is 16.5. The van der Waals surface area contributed by atoms with Crippen LogP contribution in [0.4, 0.5) is 0 Å². The number of ether oxygens (including phenoxy) is 1. The zero-order valence-corrected chi connectivity index (χ0v) is 13.6. The number of aldehydes is 1. The number of Topliss-reactive ketones (excluding diaryl/α,β-unsaturated/α-hetero) is 3. The fourth-order valence-corrected chi connectivity index (χ4v) is 2.30. The molecule has 0 bridgehead atoms. The van der Waals surface area contributed by atoms with E-state index in [1.165, 1.54) is 0 Å². The van der Waals surface area contributed by atoms with Crippen molar-refractivity contribution in [2.45, 2.75) is 50.6 Å². The minimum Gasteiger partial charge on any atom is -0.463 e. The summed E-state index contributed by atoms with van der Waals surface area (Å²) in [6.07, 6.45) is -2.96. The van der Waals surface area contributed by atoms with Crippen LogP contribution in [0.5, 0.6) is 0 Å². The Balaban J connectivity index is 6.54. The third kappa shape index (κ3) is 3.13. The lowest BCUT2D eigenvalue weighted by Gasteiger charge is -2.47. The number of carbonyl (C=O) groups excluding carboxylic acids is 5. The van der Waals surface area contributed by atoms with Gasteiger partial charge in [0.25, 0.3) is 0 Å². The van der Waals surface area contributed by atoms with E-state index < -0.39 is 59.1 Å². The third-order valence-electron chi connectivity index (χ3n) is 3.78.